The Morgan fingerprint density at radius 2 is 1.94 bits per heavy atom. The van der Waals surface area contributed by atoms with Crippen LogP contribution in [0.5, 0.6) is 0 Å². The lowest BCUT2D eigenvalue weighted by molar-refractivity contribution is -0.144. The van der Waals surface area contributed by atoms with E-state index in [1.165, 1.54) is 18.6 Å². The molecule has 4 nitrogen and oxygen atoms in total. The van der Waals surface area contributed by atoms with Gasteiger partial charge in [-0.15, -0.1) is 0 Å². The molecule has 0 saturated heterocycles. The molecule has 102 valence electrons. The van der Waals surface area contributed by atoms with Gasteiger partial charge in [-0.2, -0.15) is 0 Å². The Morgan fingerprint density at radius 1 is 1.28 bits per heavy atom. The second kappa shape index (κ2) is 7.90. The van der Waals surface area contributed by atoms with Crippen LogP contribution in [0.2, 0.25) is 0 Å². The largest absolute Gasteiger partial charge is 0.459 e. The Hall–Kier alpha value is -1.32. The Morgan fingerprint density at radius 3 is 2.56 bits per heavy atom. The number of carbonyl (C=O) groups excluding carboxylic acids is 2. The van der Waals surface area contributed by atoms with E-state index < -0.39 is 5.97 Å². The first kappa shape index (κ1) is 14.7. The van der Waals surface area contributed by atoms with Crippen LogP contribution in [0.15, 0.2) is 12.2 Å². The summed E-state index contributed by atoms with van der Waals surface area (Å²) in [5.41, 5.74) is 0. The van der Waals surface area contributed by atoms with Gasteiger partial charge in [0.1, 0.15) is 6.10 Å². The van der Waals surface area contributed by atoms with Crippen molar-refractivity contribution in [1.82, 2.24) is 5.32 Å². The number of ether oxygens (including phenoxy) is 1. The number of amides is 1. The topological polar surface area (TPSA) is 55.4 Å². The molecule has 1 rings (SSSR count). The maximum Gasteiger partial charge on any atom is 0.331 e. The number of esters is 1. The lowest BCUT2D eigenvalue weighted by atomic mass is 9.98. The highest BCUT2D eigenvalue weighted by Crippen LogP contribution is 2.20. The molecular formula is C14H23NO3. The summed E-state index contributed by atoms with van der Waals surface area (Å²) in [6.45, 7) is 3.91. The summed E-state index contributed by atoms with van der Waals surface area (Å²) in [7, 11) is 0. The van der Waals surface area contributed by atoms with Crippen molar-refractivity contribution in [3.05, 3.63) is 12.2 Å². The van der Waals surface area contributed by atoms with Gasteiger partial charge in [-0.3, -0.25) is 4.79 Å². The normalized spacial score (nSPS) is 18.6. The fraction of sp³-hybridized carbons (Fsp3) is 0.714. The van der Waals surface area contributed by atoms with Crippen molar-refractivity contribution in [2.75, 3.05) is 0 Å². The van der Waals surface area contributed by atoms with Gasteiger partial charge in [0, 0.05) is 18.2 Å². The fourth-order valence-electron chi connectivity index (χ4n) is 1.92. The lowest BCUT2D eigenvalue weighted by Crippen LogP contribution is -2.30. The van der Waals surface area contributed by atoms with Crippen molar-refractivity contribution in [2.24, 2.45) is 0 Å². The van der Waals surface area contributed by atoms with Crippen molar-refractivity contribution >= 4 is 11.9 Å². The summed E-state index contributed by atoms with van der Waals surface area (Å²) in [5.74, 6) is -0.661. The van der Waals surface area contributed by atoms with Gasteiger partial charge < -0.3 is 10.1 Å². The van der Waals surface area contributed by atoms with E-state index in [0.717, 1.165) is 32.1 Å². The molecule has 1 unspecified atom stereocenters. The van der Waals surface area contributed by atoms with Crippen molar-refractivity contribution in [3.63, 3.8) is 0 Å². The van der Waals surface area contributed by atoms with E-state index in [1.54, 1.807) is 0 Å². The van der Waals surface area contributed by atoms with Crippen molar-refractivity contribution in [3.8, 4) is 0 Å². The number of hydrogen-bond acceptors (Lipinski definition) is 3. The fourth-order valence-corrected chi connectivity index (χ4v) is 1.92. The molecule has 0 bridgehead atoms. The molecule has 1 N–H and O–H groups in total. The van der Waals surface area contributed by atoms with Gasteiger partial charge in [-0.1, -0.05) is 13.3 Å². The summed E-state index contributed by atoms with van der Waals surface area (Å²) in [6, 6.07) is 0.122. The third-order valence-corrected chi connectivity index (χ3v) is 3.21. The zero-order valence-corrected chi connectivity index (χ0v) is 11.3. The third-order valence-electron chi connectivity index (χ3n) is 3.21. The monoisotopic (exact) mass is 253 g/mol. The number of hydrogen-bond donors (Lipinski definition) is 1. The first-order valence-corrected chi connectivity index (χ1v) is 6.81. The molecule has 0 heterocycles. The van der Waals surface area contributed by atoms with Crippen LogP contribution >= 0.6 is 0 Å². The molecule has 1 saturated carbocycles. The van der Waals surface area contributed by atoms with Gasteiger partial charge >= 0.3 is 5.97 Å². The minimum atomic E-state index is -0.416. The molecule has 0 aliphatic heterocycles. The van der Waals surface area contributed by atoms with Gasteiger partial charge in [0.25, 0.3) is 0 Å². The molecule has 1 atom stereocenters. The minimum absolute atomic E-state index is 0.0357. The van der Waals surface area contributed by atoms with Gasteiger partial charge in [0.2, 0.25) is 5.91 Å². The maximum absolute atomic E-state index is 11.5. The predicted molar refractivity (Wildman–Crippen MR) is 70.0 cm³/mol. The van der Waals surface area contributed by atoms with Crippen molar-refractivity contribution in [2.45, 2.75) is 64.5 Å². The summed E-state index contributed by atoms with van der Waals surface area (Å²) in [4.78, 5) is 22.9. The van der Waals surface area contributed by atoms with E-state index in [-0.39, 0.29) is 18.1 Å². The molecule has 0 aromatic carbocycles. The van der Waals surface area contributed by atoms with Gasteiger partial charge in [-0.05, 0) is 39.0 Å². The number of nitrogens with one attached hydrogen (secondary N) is 1. The van der Waals surface area contributed by atoms with E-state index >= 15 is 0 Å². The van der Waals surface area contributed by atoms with E-state index in [2.05, 4.69) is 5.32 Å². The molecule has 0 aromatic heterocycles. The third kappa shape index (κ3) is 5.84. The van der Waals surface area contributed by atoms with E-state index in [1.807, 2.05) is 13.8 Å². The van der Waals surface area contributed by atoms with Gasteiger partial charge in [-0.25, -0.2) is 4.79 Å². The average molecular weight is 253 g/mol. The quantitative estimate of drug-likeness (QED) is 0.604. The standard InChI is InChI=1S/C14H23NO3/c1-3-11(2)15-13(16)9-10-14(17)18-12-7-5-4-6-8-12/h9-12H,3-8H2,1-2H3,(H,15,16)/b10-9-. The van der Waals surface area contributed by atoms with Crippen LogP contribution in [-0.2, 0) is 14.3 Å². The van der Waals surface area contributed by atoms with Crippen molar-refractivity contribution < 1.29 is 14.3 Å². The van der Waals surface area contributed by atoms with Crippen LogP contribution in [0.3, 0.4) is 0 Å². The molecule has 1 fully saturated rings. The molecule has 1 aliphatic carbocycles. The summed E-state index contributed by atoms with van der Waals surface area (Å²) >= 11 is 0. The molecule has 18 heavy (non-hydrogen) atoms. The summed E-state index contributed by atoms with van der Waals surface area (Å²) in [5, 5.41) is 2.76. The predicted octanol–water partition coefficient (Wildman–Crippen LogP) is 2.33. The van der Waals surface area contributed by atoms with E-state index in [9.17, 15) is 9.59 Å². The minimum Gasteiger partial charge on any atom is -0.459 e. The van der Waals surface area contributed by atoms with E-state index in [0.29, 0.717) is 0 Å². The van der Waals surface area contributed by atoms with E-state index in [4.69, 9.17) is 4.74 Å². The highest BCUT2D eigenvalue weighted by Gasteiger charge is 2.16. The zero-order chi connectivity index (χ0) is 13.4. The summed E-state index contributed by atoms with van der Waals surface area (Å²) in [6.07, 6.45) is 8.72. The van der Waals surface area contributed by atoms with Crippen LogP contribution in [-0.4, -0.2) is 24.0 Å². The SMILES string of the molecule is CCC(C)NC(=O)/C=C\C(=O)OC1CCCCC1. The average Bonchev–Trinajstić information content (AvgIpc) is 2.37. The van der Waals surface area contributed by atoms with Crippen LogP contribution in [0.1, 0.15) is 52.4 Å². The van der Waals surface area contributed by atoms with Gasteiger partial charge in [0.05, 0.1) is 0 Å². The zero-order valence-electron chi connectivity index (χ0n) is 11.3. The summed E-state index contributed by atoms with van der Waals surface area (Å²) < 4.78 is 5.27. The number of rotatable bonds is 5. The smallest absolute Gasteiger partial charge is 0.331 e. The second-order valence-electron chi connectivity index (χ2n) is 4.85. The Kier molecular flexibility index (Phi) is 6.47. The molecule has 0 radical (unpaired) electrons. The molecule has 0 aromatic rings. The molecule has 1 amide bonds. The first-order chi connectivity index (χ1) is 8.61. The Balaban J connectivity index is 2.27. The Labute approximate surface area is 109 Å². The molecule has 4 heteroatoms. The van der Waals surface area contributed by atoms with Crippen LogP contribution in [0, 0.1) is 0 Å². The molecule has 0 spiro atoms. The highest BCUT2D eigenvalue weighted by molar-refractivity contribution is 5.94. The number of carbonyl (C=O) groups is 2. The van der Waals surface area contributed by atoms with Gasteiger partial charge in [0.15, 0.2) is 0 Å². The van der Waals surface area contributed by atoms with Crippen LogP contribution in [0.4, 0.5) is 0 Å². The highest BCUT2D eigenvalue weighted by atomic mass is 16.5. The second-order valence-corrected chi connectivity index (χ2v) is 4.85. The molecular weight excluding hydrogens is 230 g/mol. The first-order valence-electron chi connectivity index (χ1n) is 6.81. The van der Waals surface area contributed by atoms with Crippen molar-refractivity contribution in [1.29, 1.82) is 0 Å². The van der Waals surface area contributed by atoms with Crippen LogP contribution < -0.4 is 5.32 Å². The Bertz CT molecular complexity index is 306. The molecule has 1 aliphatic rings. The maximum atomic E-state index is 11.5. The van der Waals surface area contributed by atoms with Crippen LogP contribution in [0.25, 0.3) is 0 Å². The lowest BCUT2D eigenvalue weighted by Gasteiger charge is -2.20.